The van der Waals surface area contributed by atoms with Crippen LogP contribution in [0.2, 0.25) is 0 Å². The van der Waals surface area contributed by atoms with Crippen molar-refractivity contribution >= 4 is 0 Å². The molecular formula is C17H30N2O+2. The Morgan fingerprint density at radius 3 is 2.60 bits per heavy atom. The molecule has 1 aliphatic heterocycles. The highest BCUT2D eigenvalue weighted by Gasteiger charge is 2.30. The third-order valence-corrected chi connectivity index (χ3v) is 4.20. The van der Waals surface area contributed by atoms with E-state index < -0.39 is 0 Å². The van der Waals surface area contributed by atoms with Crippen LogP contribution < -0.4 is 15.0 Å². The molecule has 0 fully saturated rings. The first kappa shape index (κ1) is 15.3. The van der Waals surface area contributed by atoms with Gasteiger partial charge in [0, 0.05) is 11.1 Å². The third kappa shape index (κ3) is 3.53. The SMILES string of the molecule is CCC[NH+](CCC)[C@@H]1C[NH2+]Cc2cc(OCC)ccc21. The predicted molar refractivity (Wildman–Crippen MR) is 82.1 cm³/mol. The maximum Gasteiger partial charge on any atom is 0.163 e. The zero-order valence-electron chi connectivity index (χ0n) is 13.2. The first-order chi connectivity index (χ1) is 9.80. The van der Waals surface area contributed by atoms with Crippen LogP contribution in [0.15, 0.2) is 18.2 Å². The van der Waals surface area contributed by atoms with Crippen LogP contribution in [-0.2, 0) is 6.54 Å². The van der Waals surface area contributed by atoms with Crippen LogP contribution in [0.3, 0.4) is 0 Å². The highest BCUT2D eigenvalue weighted by atomic mass is 16.5. The van der Waals surface area contributed by atoms with Gasteiger partial charge in [0.05, 0.1) is 19.7 Å². The standard InChI is InChI=1S/C17H28N2O/c1-4-9-19(10-5-2)17-13-18-12-14-11-15(20-6-3)7-8-16(14)17/h7-8,11,17-18H,4-6,9-10,12-13H2,1-3H3/p+2/t17-/m1/s1. The van der Waals surface area contributed by atoms with E-state index in [2.05, 4.69) is 37.4 Å². The molecular weight excluding hydrogens is 248 g/mol. The minimum atomic E-state index is 0.648. The van der Waals surface area contributed by atoms with Crippen molar-refractivity contribution in [1.29, 1.82) is 0 Å². The van der Waals surface area contributed by atoms with Gasteiger partial charge in [-0.1, -0.05) is 13.8 Å². The molecule has 3 N–H and O–H groups in total. The molecule has 0 unspecified atom stereocenters. The summed E-state index contributed by atoms with van der Waals surface area (Å²) in [5, 5.41) is 2.45. The first-order valence-electron chi connectivity index (χ1n) is 8.21. The zero-order chi connectivity index (χ0) is 14.4. The van der Waals surface area contributed by atoms with Gasteiger partial charge in [0.2, 0.25) is 0 Å². The average molecular weight is 278 g/mol. The molecule has 20 heavy (non-hydrogen) atoms. The van der Waals surface area contributed by atoms with Crippen molar-refractivity contribution in [1.82, 2.24) is 0 Å². The van der Waals surface area contributed by atoms with Gasteiger partial charge in [-0.25, -0.2) is 0 Å². The largest absolute Gasteiger partial charge is 0.494 e. The van der Waals surface area contributed by atoms with Gasteiger partial charge in [-0.3, -0.25) is 0 Å². The molecule has 1 aromatic carbocycles. The second kappa shape index (κ2) is 7.65. The summed E-state index contributed by atoms with van der Waals surface area (Å²) in [6, 6.07) is 7.35. The molecule has 112 valence electrons. The second-order valence-electron chi connectivity index (χ2n) is 5.73. The Balaban J connectivity index is 2.22. The Morgan fingerprint density at radius 2 is 1.95 bits per heavy atom. The number of ether oxygens (including phenoxy) is 1. The topological polar surface area (TPSA) is 30.3 Å². The van der Waals surface area contributed by atoms with Crippen LogP contribution in [0.4, 0.5) is 0 Å². The minimum absolute atomic E-state index is 0.648. The molecule has 1 heterocycles. The van der Waals surface area contributed by atoms with E-state index in [9.17, 15) is 0 Å². The van der Waals surface area contributed by atoms with Crippen molar-refractivity contribution in [2.45, 2.75) is 46.2 Å². The lowest BCUT2D eigenvalue weighted by Crippen LogP contribution is -3.15. The highest BCUT2D eigenvalue weighted by molar-refractivity contribution is 5.37. The van der Waals surface area contributed by atoms with Crippen molar-refractivity contribution < 1.29 is 15.0 Å². The lowest BCUT2D eigenvalue weighted by atomic mass is 9.95. The molecule has 0 radical (unpaired) electrons. The predicted octanol–water partition coefficient (Wildman–Crippen LogP) is 0.908. The lowest BCUT2D eigenvalue weighted by molar-refractivity contribution is -0.948. The number of nitrogens with two attached hydrogens (primary N) is 1. The fourth-order valence-electron chi connectivity index (χ4n) is 3.39. The van der Waals surface area contributed by atoms with Crippen LogP contribution in [0, 0.1) is 0 Å². The quantitative estimate of drug-likeness (QED) is 0.763. The molecule has 3 heteroatoms. The normalized spacial score (nSPS) is 18.1. The van der Waals surface area contributed by atoms with E-state index in [1.165, 1.54) is 38.0 Å². The van der Waals surface area contributed by atoms with Gasteiger partial charge in [0.25, 0.3) is 0 Å². The molecule has 0 spiro atoms. The maximum absolute atomic E-state index is 5.64. The Kier molecular flexibility index (Phi) is 5.86. The summed E-state index contributed by atoms with van der Waals surface area (Å²) < 4.78 is 5.64. The monoisotopic (exact) mass is 278 g/mol. The van der Waals surface area contributed by atoms with Gasteiger partial charge < -0.3 is 15.0 Å². The van der Waals surface area contributed by atoms with Crippen LogP contribution >= 0.6 is 0 Å². The van der Waals surface area contributed by atoms with E-state index >= 15 is 0 Å². The zero-order valence-corrected chi connectivity index (χ0v) is 13.2. The van der Waals surface area contributed by atoms with E-state index in [-0.39, 0.29) is 0 Å². The Labute approximate surface area is 123 Å². The van der Waals surface area contributed by atoms with Crippen LogP contribution in [-0.4, -0.2) is 26.2 Å². The molecule has 0 bridgehead atoms. The summed E-state index contributed by atoms with van der Waals surface area (Å²) in [4.78, 5) is 1.75. The van der Waals surface area contributed by atoms with Gasteiger partial charge >= 0.3 is 0 Å². The van der Waals surface area contributed by atoms with E-state index in [1.54, 1.807) is 10.5 Å². The van der Waals surface area contributed by atoms with Gasteiger partial charge in [0.1, 0.15) is 18.8 Å². The van der Waals surface area contributed by atoms with Crippen molar-refractivity contribution in [2.24, 2.45) is 0 Å². The third-order valence-electron chi connectivity index (χ3n) is 4.20. The molecule has 1 atom stereocenters. The molecule has 1 aromatic rings. The summed E-state index contributed by atoms with van der Waals surface area (Å²) in [5.41, 5.74) is 3.02. The van der Waals surface area contributed by atoms with Crippen molar-refractivity contribution in [3.63, 3.8) is 0 Å². The van der Waals surface area contributed by atoms with Crippen molar-refractivity contribution in [3.8, 4) is 5.75 Å². The minimum Gasteiger partial charge on any atom is -0.494 e. The Morgan fingerprint density at radius 1 is 1.20 bits per heavy atom. The van der Waals surface area contributed by atoms with E-state index in [4.69, 9.17) is 4.74 Å². The van der Waals surface area contributed by atoms with E-state index in [1.807, 2.05) is 6.92 Å². The molecule has 0 saturated carbocycles. The van der Waals surface area contributed by atoms with Crippen LogP contribution in [0.1, 0.15) is 50.8 Å². The van der Waals surface area contributed by atoms with Gasteiger partial charge in [-0.05, 0) is 38.0 Å². The molecule has 0 aromatic heterocycles. The maximum atomic E-state index is 5.64. The van der Waals surface area contributed by atoms with Crippen molar-refractivity contribution in [2.75, 3.05) is 26.2 Å². The molecule has 1 aliphatic rings. The van der Waals surface area contributed by atoms with Gasteiger partial charge in [-0.15, -0.1) is 0 Å². The van der Waals surface area contributed by atoms with E-state index in [0.717, 1.165) is 18.9 Å². The number of hydrogen-bond acceptors (Lipinski definition) is 1. The fraction of sp³-hybridized carbons (Fsp3) is 0.647. The van der Waals surface area contributed by atoms with Crippen LogP contribution in [0.25, 0.3) is 0 Å². The fourth-order valence-corrected chi connectivity index (χ4v) is 3.39. The molecule has 0 amide bonds. The number of rotatable bonds is 7. The smallest absolute Gasteiger partial charge is 0.163 e. The Hall–Kier alpha value is -1.06. The number of nitrogens with one attached hydrogen (secondary N) is 1. The molecule has 0 saturated heterocycles. The number of benzene rings is 1. The first-order valence-corrected chi connectivity index (χ1v) is 8.21. The second-order valence-corrected chi connectivity index (χ2v) is 5.73. The Bertz CT molecular complexity index is 413. The lowest BCUT2D eigenvalue weighted by Gasteiger charge is -2.31. The summed E-state index contributed by atoms with van der Waals surface area (Å²) in [6.07, 6.45) is 2.52. The summed E-state index contributed by atoms with van der Waals surface area (Å²) in [7, 11) is 0. The summed E-state index contributed by atoms with van der Waals surface area (Å²) in [5.74, 6) is 1.02. The van der Waals surface area contributed by atoms with Gasteiger partial charge in [-0.2, -0.15) is 0 Å². The highest BCUT2D eigenvalue weighted by Crippen LogP contribution is 2.23. The average Bonchev–Trinajstić information content (AvgIpc) is 2.46. The van der Waals surface area contributed by atoms with Crippen molar-refractivity contribution in [3.05, 3.63) is 29.3 Å². The summed E-state index contributed by atoms with van der Waals surface area (Å²) >= 11 is 0. The van der Waals surface area contributed by atoms with E-state index in [0.29, 0.717) is 6.04 Å². The van der Waals surface area contributed by atoms with Crippen LogP contribution in [0.5, 0.6) is 5.75 Å². The number of quaternary nitrogens is 2. The molecule has 2 rings (SSSR count). The summed E-state index contributed by atoms with van der Waals surface area (Å²) in [6.45, 7) is 12.2. The van der Waals surface area contributed by atoms with Gasteiger partial charge in [0.15, 0.2) is 6.04 Å². The molecule has 3 nitrogen and oxygen atoms in total. The number of hydrogen-bond donors (Lipinski definition) is 2. The number of fused-ring (bicyclic) bond motifs is 1. The molecule has 0 aliphatic carbocycles.